The van der Waals surface area contributed by atoms with Crippen LogP contribution in [-0.2, 0) is 18.0 Å². The van der Waals surface area contributed by atoms with Crippen LogP contribution in [0.1, 0.15) is 11.1 Å². The van der Waals surface area contributed by atoms with E-state index < -0.39 is 12.9 Å². The molecule has 0 saturated heterocycles. The highest BCUT2D eigenvalue weighted by atomic mass is 35.5. The van der Waals surface area contributed by atoms with Crippen molar-refractivity contribution in [3.05, 3.63) is 64.4 Å². The molecule has 0 aliphatic carbocycles. The standard InChI is InChI=1S/C14H13BClFO3/c16-12-3-1-2-10(6-12)8-20-9-11-4-5-13(17)7-14(11)15(18)19/h1-7,18-19H,8-9H2. The monoisotopic (exact) mass is 294 g/mol. The SMILES string of the molecule is OB(O)c1cc(F)ccc1COCc1cccc(Cl)c1. The van der Waals surface area contributed by atoms with Crippen LogP contribution >= 0.6 is 11.6 Å². The maximum absolute atomic E-state index is 13.1. The van der Waals surface area contributed by atoms with Crippen LogP contribution in [-0.4, -0.2) is 17.2 Å². The van der Waals surface area contributed by atoms with Gasteiger partial charge in [0, 0.05) is 5.02 Å². The molecule has 20 heavy (non-hydrogen) atoms. The Labute approximate surface area is 121 Å². The van der Waals surface area contributed by atoms with E-state index in [2.05, 4.69) is 0 Å². The first kappa shape index (κ1) is 15.0. The highest BCUT2D eigenvalue weighted by Gasteiger charge is 2.16. The first-order valence-corrected chi connectivity index (χ1v) is 6.40. The third kappa shape index (κ3) is 4.05. The molecule has 0 amide bonds. The van der Waals surface area contributed by atoms with Crippen molar-refractivity contribution >= 4 is 24.2 Å². The van der Waals surface area contributed by atoms with E-state index in [-0.39, 0.29) is 12.1 Å². The molecular formula is C14H13BClFO3. The summed E-state index contributed by atoms with van der Waals surface area (Å²) in [7, 11) is -1.73. The fraction of sp³-hybridized carbons (Fsp3) is 0.143. The van der Waals surface area contributed by atoms with Crippen molar-refractivity contribution in [1.82, 2.24) is 0 Å². The molecule has 6 heteroatoms. The summed E-state index contributed by atoms with van der Waals surface area (Å²) in [6.07, 6.45) is 0. The Balaban J connectivity index is 2.01. The summed E-state index contributed by atoms with van der Waals surface area (Å²) in [6, 6.07) is 11.1. The normalized spacial score (nSPS) is 10.6. The Morgan fingerprint density at radius 2 is 1.90 bits per heavy atom. The minimum atomic E-state index is -1.73. The van der Waals surface area contributed by atoms with Crippen molar-refractivity contribution in [1.29, 1.82) is 0 Å². The van der Waals surface area contributed by atoms with Crippen molar-refractivity contribution < 1.29 is 19.2 Å². The van der Waals surface area contributed by atoms with Crippen molar-refractivity contribution in [3.8, 4) is 0 Å². The molecule has 2 aromatic carbocycles. The second-order valence-electron chi connectivity index (χ2n) is 4.34. The van der Waals surface area contributed by atoms with E-state index in [1.54, 1.807) is 12.1 Å². The van der Waals surface area contributed by atoms with Gasteiger partial charge in [-0.3, -0.25) is 0 Å². The Bertz CT molecular complexity index is 592. The van der Waals surface area contributed by atoms with Crippen LogP contribution in [0.3, 0.4) is 0 Å². The number of ether oxygens (including phenoxy) is 1. The van der Waals surface area contributed by atoms with E-state index in [9.17, 15) is 14.4 Å². The number of halogens is 2. The smallest absolute Gasteiger partial charge is 0.423 e. The van der Waals surface area contributed by atoms with Gasteiger partial charge in [-0.05, 0) is 40.9 Å². The molecule has 0 bridgehead atoms. The number of benzene rings is 2. The molecule has 104 valence electrons. The fourth-order valence-electron chi connectivity index (χ4n) is 1.84. The summed E-state index contributed by atoms with van der Waals surface area (Å²) in [5.74, 6) is -0.522. The van der Waals surface area contributed by atoms with Crippen molar-refractivity contribution in [2.45, 2.75) is 13.2 Å². The lowest BCUT2D eigenvalue weighted by molar-refractivity contribution is 0.107. The molecule has 0 spiro atoms. The van der Waals surface area contributed by atoms with Crippen LogP contribution in [0.25, 0.3) is 0 Å². The molecule has 2 aromatic rings. The molecule has 2 rings (SSSR count). The van der Waals surface area contributed by atoms with E-state index >= 15 is 0 Å². The predicted octanol–water partition coefficient (Wildman–Crippen LogP) is 1.88. The second-order valence-corrected chi connectivity index (χ2v) is 4.78. The fourth-order valence-corrected chi connectivity index (χ4v) is 2.06. The third-order valence-corrected chi connectivity index (χ3v) is 3.04. The number of rotatable bonds is 5. The van der Waals surface area contributed by atoms with Crippen LogP contribution in [0.15, 0.2) is 42.5 Å². The lowest BCUT2D eigenvalue weighted by Crippen LogP contribution is -2.33. The van der Waals surface area contributed by atoms with Gasteiger partial charge in [0.1, 0.15) is 5.82 Å². The zero-order chi connectivity index (χ0) is 14.5. The molecule has 0 fully saturated rings. The van der Waals surface area contributed by atoms with Crippen LogP contribution in [0.4, 0.5) is 4.39 Å². The zero-order valence-corrected chi connectivity index (χ0v) is 11.3. The molecule has 0 aromatic heterocycles. The van der Waals surface area contributed by atoms with Gasteiger partial charge in [0.25, 0.3) is 0 Å². The Morgan fingerprint density at radius 1 is 1.10 bits per heavy atom. The topological polar surface area (TPSA) is 49.7 Å². The third-order valence-electron chi connectivity index (χ3n) is 2.80. The maximum Gasteiger partial charge on any atom is 0.488 e. The van der Waals surface area contributed by atoms with Crippen LogP contribution in [0.2, 0.25) is 5.02 Å². The van der Waals surface area contributed by atoms with E-state index in [4.69, 9.17) is 16.3 Å². The van der Waals surface area contributed by atoms with Crippen molar-refractivity contribution in [2.24, 2.45) is 0 Å². The van der Waals surface area contributed by atoms with Gasteiger partial charge >= 0.3 is 7.12 Å². The van der Waals surface area contributed by atoms with Crippen molar-refractivity contribution in [2.75, 3.05) is 0 Å². The van der Waals surface area contributed by atoms with E-state index in [0.29, 0.717) is 17.2 Å². The number of hydrogen-bond acceptors (Lipinski definition) is 3. The highest BCUT2D eigenvalue weighted by Crippen LogP contribution is 2.12. The lowest BCUT2D eigenvalue weighted by Gasteiger charge is -2.10. The summed E-state index contributed by atoms with van der Waals surface area (Å²) < 4.78 is 18.5. The first-order chi connectivity index (χ1) is 9.56. The average Bonchev–Trinajstić information content (AvgIpc) is 2.40. The van der Waals surface area contributed by atoms with Gasteiger partial charge in [0.2, 0.25) is 0 Å². The average molecular weight is 295 g/mol. The van der Waals surface area contributed by atoms with Gasteiger partial charge in [0.05, 0.1) is 13.2 Å². The highest BCUT2D eigenvalue weighted by molar-refractivity contribution is 6.59. The van der Waals surface area contributed by atoms with E-state index in [1.807, 2.05) is 12.1 Å². The molecule has 0 aliphatic heterocycles. The molecule has 0 heterocycles. The summed E-state index contributed by atoms with van der Waals surface area (Å²) in [5.41, 5.74) is 1.55. The quantitative estimate of drug-likeness (QED) is 0.828. The minimum absolute atomic E-state index is 0.107. The van der Waals surface area contributed by atoms with Gasteiger partial charge in [-0.2, -0.15) is 0 Å². The van der Waals surface area contributed by atoms with E-state index in [0.717, 1.165) is 11.6 Å². The minimum Gasteiger partial charge on any atom is -0.423 e. The molecule has 2 N–H and O–H groups in total. The van der Waals surface area contributed by atoms with Crippen LogP contribution < -0.4 is 5.46 Å². The zero-order valence-electron chi connectivity index (χ0n) is 10.6. The van der Waals surface area contributed by atoms with Crippen LogP contribution in [0.5, 0.6) is 0 Å². The van der Waals surface area contributed by atoms with Gasteiger partial charge in [-0.25, -0.2) is 4.39 Å². The van der Waals surface area contributed by atoms with Crippen LogP contribution in [0, 0.1) is 5.82 Å². The molecule has 3 nitrogen and oxygen atoms in total. The van der Waals surface area contributed by atoms with Gasteiger partial charge in [0.15, 0.2) is 0 Å². The molecule has 0 saturated carbocycles. The largest absolute Gasteiger partial charge is 0.488 e. The number of hydrogen-bond donors (Lipinski definition) is 2. The molecule has 0 unspecified atom stereocenters. The lowest BCUT2D eigenvalue weighted by atomic mass is 9.77. The first-order valence-electron chi connectivity index (χ1n) is 6.03. The Kier molecular flexibility index (Phi) is 5.14. The van der Waals surface area contributed by atoms with Gasteiger partial charge in [-0.15, -0.1) is 0 Å². The molecule has 0 atom stereocenters. The maximum atomic E-state index is 13.1. The summed E-state index contributed by atoms with van der Waals surface area (Å²) in [4.78, 5) is 0. The summed E-state index contributed by atoms with van der Waals surface area (Å²) in [5, 5.41) is 19.0. The Morgan fingerprint density at radius 3 is 2.60 bits per heavy atom. The summed E-state index contributed by atoms with van der Waals surface area (Å²) in [6.45, 7) is 0.485. The van der Waals surface area contributed by atoms with E-state index in [1.165, 1.54) is 12.1 Å². The molecule has 0 radical (unpaired) electrons. The van der Waals surface area contributed by atoms with Gasteiger partial charge in [-0.1, -0.05) is 29.8 Å². The molecular weight excluding hydrogens is 281 g/mol. The van der Waals surface area contributed by atoms with Crippen molar-refractivity contribution in [3.63, 3.8) is 0 Å². The Hall–Kier alpha value is -1.40. The predicted molar refractivity (Wildman–Crippen MR) is 76.2 cm³/mol. The molecule has 0 aliphatic rings. The summed E-state index contributed by atoms with van der Waals surface area (Å²) >= 11 is 5.86. The van der Waals surface area contributed by atoms with Gasteiger partial charge < -0.3 is 14.8 Å². The second kappa shape index (κ2) is 6.86.